The monoisotopic (exact) mass is 283 g/mol. The minimum Gasteiger partial charge on any atom is -0.496 e. The van der Waals surface area contributed by atoms with Gasteiger partial charge in [0, 0.05) is 18.4 Å². The molecule has 0 aromatic heterocycles. The topological polar surface area (TPSA) is 51.5 Å². The van der Waals surface area contributed by atoms with Crippen molar-refractivity contribution in [2.75, 3.05) is 13.9 Å². The quantitative estimate of drug-likeness (QED) is 0.799. The van der Waals surface area contributed by atoms with Crippen LogP contribution in [0.5, 0.6) is 5.75 Å². The summed E-state index contributed by atoms with van der Waals surface area (Å²) in [4.78, 5) is 0. The van der Waals surface area contributed by atoms with E-state index in [1.54, 1.807) is 7.11 Å². The Morgan fingerprint density at radius 1 is 1.33 bits per heavy atom. The fraction of sp³-hybridized carbons (Fsp3) is 0.353. The molecule has 1 atom stereocenters. The molecule has 1 saturated heterocycles. The van der Waals surface area contributed by atoms with Crippen LogP contribution >= 0.6 is 0 Å². The highest BCUT2D eigenvalue weighted by Gasteiger charge is 2.47. The number of benzene rings is 1. The van der Waals surface area contributed by atoms with Crippen molar-refractivity contribution in [1.29, 1.82) is 5.26 Å². The summed E-state index contributed by atoms with van der Waals surface area (Å²) in [5, 5.41) is 9.60. The highest BCUT2D eigenvalue weighted by molar-refractivity contribution is 5.59. The molecule has 108 valence electrons. The van der Waals surface area contributed by atoms with Gasteiger partial charge in [0.05, 0.1) is 18.6 Å². The van der Waals surface area contributed by atoms with Crippen LogP contribution < -0.4 is 4.74 Å². The largest absolute Gasteiger partial charge is 0.496 e. The molecule has 3 rings (SSSR count). The Hall–Kier alpha value is -2.09. The fourth-order valence-electron chi connectivity index (χ4n) is 2.74. The second-order valence-corrected chi connectivity index (χ2v) is 5.33. The molecule has 1 spiro atoms. The summed E-state index contributed by atoms with van der Waals surface area (Å²) < 4.78 is 16.4. The van der Waals surface area contributed by atoms with Gasteiger partial charge in [0.2, 0.25) is 0 Å². The number of allylic oxidation sites excluding steroid dienone is 2. The molecule has 1 heterocycles. The summed E-state index contributed by atoms with van der Waals surface area (Å²) in [7, 11) is 1.64. The van der Waals surface area contributed by atoms with Crippen molar-refractivity contribution in [3.05, 3.63) is 48.1 Å². The molecule has 4 heteroatoms. The number of rotatable bonds is 3. The zero-order valence-corrected chi connectivity index (χ0v) is 11.9. The Kier molecular flexibility index (Phi) is 3.54. The Morgan fingerprint density at radius 3 is 2.81 bits per heavy atom. The van der Waals surface area contributed by atoms with Crippen LogP contribution in [0.2, 0.25) is 0 Å². The standard InChI is InChI=1S/C17H17NO3/c1-19-15-6-3-2-5-14(15)7-10-16(12-18)8-4-9-17(11-16)20-13-21-17/h2-8,10H,9,11,13H2,1H3. The summed E-state index contributed by atoms with van der Waals surface area (Å²) >= 11 is 0. The Bertz CT molecular complexity index is 625. The van der Waals surface area contributed by atoms with Crippen LogP contribution in [-0.2, 0) is 9.47 Å². The van der Waals surface area contributed by atoms with Gasteiger partial charge < -0.3 is 14.2 Å². The van der Waals surface area contributed by atoms with Crippen molar-refractivity contribution >= 4 is 6.08 Å². The SMILES string of the molecule is COc1ccccc1C=CC1(C#N)C=CCC2(C1)OCO2. The predicted octanol–water partition coefficient (Wildman–Crippen LogP) is 3.27. The number of hydrogen-bond acceptors (Lipinski definition) is 4. The number of nitrogens with zero attached hydrogens (tertiary/aromatic N) is 1. The minimum absolute atomic E-state index is 0.311. The zero-order valence-electron chi connectivity index (χ0n) is 11.9. The van der Waals surface area contributed by atoms with E-state index in [0.717, 1.165) is 11.3 Å². The second-order valence-electron chi connectivity index (χ2n) is 5.33. The average Bonchev–Trinajstić information content (AvgIpc) is 2.52. The highest BCUT2D eigenvalue weighted by Crippen LogP contribution is 2.44. The first-order chi connectivity index (χ1) is 10.2. The van der Waals surface area contributed by atoms with Crippen molar-refractivity contribution in [1.82, 2.24) is 0 Å². The molecule has 4 nitrogen and oxygen atoms in total. The van der Waals surface area contributed by atoms with E-state index >= 15 is 0 Å². The number of hydrogen-bond donors (Lipinski definition) is 0. The fourth-order valence-corrected chi connectivity index (χ4v) is 2.74. The van der Waals surface area contributed by atoms with Gasteiger partial charge in [-0.3, -0.25) is 0 Å². The molecule has 1 aliphatic carbocycles. The number of methoxy groups -OCH3 is 1. The third-order valence-corrected chi connectivity index (χ3v) is 3.96. The maximum Gasteiger partial charge on any atom is 0.179 e. The molecule has 0 radical (unpaired) electrons. The summed E-state index contributed by atoms with van der Waals surface area (Å²) in [6, 6.07) is 10.1. The normalized spacial score (nSPS) is 26.5. The van der Waals surface area contributed by atoms with E-state index in [1.807, 2.05) is 48.6 Å². The molecule has 1 aromatic rings. The highest BCUT2D eigenvalue weighted by atomic mass is 16.9. The lowest BCUT2D eigenvalue weighted by Gasteiger charge is -2.46. The summed E-state index contributed by atoms with van der Waals surface area (Å²) in [5.74, 6) is 0.169. The molecule has 1 fully saturated rings. The molecular formula is C17H17NO3. The molecule has 0 bridgehead atoms. The van der Waals surface area contributed by atoms with E-state index < -0.39 is 11.2 Å². The van der Waals surface area contributed by atoms with Crippen LogP contribution in [0.25, 0.3) is 6.08 Å². The van der Waals surface area contributed by atoms with E-state index in [4.69, 9.17) is 14.2 Å². The molecule has 1 unspecified atom stereocenters. The lowest BCUT2D eigenvalue weighted by atomic mass is 9.76. The van der Waals surface area contributed by atoms with Crippen LogP contribution in [0, 0.1) is 16.7 Å². The van der Waals surface area contributed by atoms with Gasteiger partial charge in [-0.05, 0) is 6.07 Å². The summed E-state index contributed by atoms with van der Waals surface area (Å²) in [5.41, 5.74) is 0.234. The first kappa shape index (κ1) is 13.9. The smallest absolute Gasteiger partial charge is 0.179 e. The number of ether oxygens (including phenoxy) is 3. The first-order valence-electron chi connectivity index (χ1n) is 6.90. The molecule has 1 aliphatic heterocycles. The van der Waals surface area contributed by atoms with Crippen molar-refractivity contribution in [3.8, 4) is 11.8 Å². The number of nitriles is 1. The van der Waals surface area contributed by atoms with E-state index in [-0.39, 0.29) is 0 Å². The van der Waals surface area contributed by atoms with Gasteiger partial charge in [0.15, 0.2) is 12.6 Å². The van der Waals surface area contributed by atoms with E-state index in [1.165, 1.54) is 0 Å². The Morgan fingerprint density at radius 2 is 2.14 bits per heavy atom. The van der Waals surface area contributed by atoms with Gasteiger partial charge in [-0.15, -0.1) is 0 Å². The third-order valence-electron chi connectivity index (χ3n) is 3.96. The van der Waals surface area contributed by atoms with Crippen LogP contribution in [0.15, 0.2) is 42.5 Å². The molecule has 1 aromatic carbocycles. The van der Waals surface area contributed by atoms with Crippen LogP contribution in [0.3, 0.4) is 0 Å². The Labute approximate surface area is 124 Å². The minimum atomic E-state index is -0.709. The Balaban J connectivity index is 1.87. The van der Waals surface area contributed by atoms with E-state index in [9.17, 15) is 5.26 Å². The van der Waals surface area contributed by atoms with Gasteiger partial charge in [-0.1, -0.05) is 42.5 Å². The first-order valence-corrected chi connectivity index (χ1v) is 6.90. The third kappa shape index (κ3) is 2.58. The lowest BCUT2D eigenvalue weighted by molar-refractivity contribution is -0.403. The van der Waals surface area contributed by atoms with Crippen LogP contribution in [-0.4, -0.2) is 19.7 Å². The van der Waals surface area contributed by atoms with Gasteiger partial charge in [-0.25, -0.2) is 0 Å². The average molecular weight is 283 g/mol. The molecule has 0 saturated carbocycles. The molecule has 21 heavy (non-hydrogen) atoms. The maximum absolute atomic E-state index is 9.60. The van der Waals surface area contributed by atoms with Crippen LogP contribution in [0.1, 0.15) is 18.4 Å². The number of para-hydroxylation sites is 1. The van der Waals surface area contributed by atoms with Crippen molar-refractivity contribution < 1.29 is 14.2 Å². The van der Waals surface area contributed by atoms with Crippen molar-refractivity contribution in [2.24, 2.45) is 5.41 Å². The van der Waals surface area contributed by atoms with Crippen LogP contribution in [0.4, 0.5) is 0 Å². The van der Waals surface area contributed by atoms with Gasteiger partial charge in [-0.2, -0.15) is 5.26 Å². The lowest BCUT2D eigenvalue weighted by Crippen LogP contribution is -2.50. The second kappa shape index (κ2) is 5.36. The van der Waals surface area contributed by atoms with Crippen molar-refractivity contribution in [3.63, 3.8) is 0 Å². The van der Waals surface area contributed by atoms with Gasteiger partial charge in [0.1, 0.15) is 5.75 Å². The molecule has 2 aliphatic rings. The maximum atomic E-state index is 9.60. The van der Waals surface area contributed by atoms with E-state index in [0.29, 0.717) is 19.6 Å². The molecule has 0 N–H and O–H groups in total. The molecule has 0 amide bonds. The van der Waals surface area contributed by atoms with Gasteiger partial charge in [0.25, 0.3) is 0 Å². The van der Waals surface area contributed by atoms with Crippen molar-refractivity contribution in [2.45, 2.75) is 18.6 Å². The zero-order chi connectivity index (χ0) is 14.8. The summed E-state index contributed by atoms with van der Waals surface area (Å²) in [6.45, 7) is 0.311. The summed E-state index contributed by atoms with van der Waals surface area (Å²) in [6.07, 6.45) is 8.91. The predicted molar refractivity (Wildman–Crippen MR) is 78.2 cm³/mol. The van der Waals surface area contributed by atoms with E-state index in [2.05, 4.69) is 6.07 Å². The van der Waals surface area contributed by atoms with Gasteiger partial charge >= 0.3 is 0 Å². The molecular weight excluding hydrogens is 266 g/mol.